The second-order valence-corrected chi connectivity index (χ2v) is 6.93. The molecule has 1 aromatic carbocycles. The number of aromatic nitrogens is 1. The molecule has 2 aromatic heterocycles. The largest absolute Gasteiger partial charge is 0.462 e. The number of nitrogens with zero attached hydrogens (tertiary/aromatic N) is 2. The molecule has 0 radical (unpaired) electrons. The van der Waals surface area contributed by atoms with Crippen molar-refractivity contribution in [3.05, 3.63) is 65.1 Å². The first-order valence-electron chi connectivity index (χ1n) is 7.86. The van der Waals surface area contributed by atoms with Crippen molar-refractivity contribution in [2.45, 2.75) is 19.0 Å². The van der Waals surface area contributed by atoms with Gasteiger partial charge in [0.05, 0.1) is 18.5 Å². The quantitative estimate of drug-likeness (QED) is 0.712. The monoisotopic (exact) mass is 371 g/mol. The van der Waals surface area contributed by atoms with E-state index in [0.717, 1.165) is 4.90 Å². The van der Waals surface area contributed by atoms with Gasteiger partial charge in [0.25, 0.3) is 5.91 Å². The molecule has 1 unspecified atom stereocenters. The summed E-state index contributed by atoms with van der Waals surface area (Å²) in [6, 6.07) is 8.57. The Morgan fingerprint density at radius 3 is 2.73 bits per heavy atom. The Morgan fingerprint density at radius 1 is 1.27 bits per heavy atom. The van der Waals surface area contributed by atoms with Gasteiger partial charge in [0.2, 0.25) is 0 Å². The first-order chi connectivity index (χ1) is 12.5. The summed E-state index contributed by atoms with van der Waals surface area (Å²) in [6.07, 6.45) is 1.56. The zero-order chi connectivity index (χ0) is 18.3. The smallest absolute Gasteiger partial charge is 0.325 e. The van der Waals surface area contributed by atoms with Crippen molar-refractivity contribution in [3.63, 3.8) is 0 Å². The van der Waals surface area contributed by atoms with Crippen LogP contribution in [0, 0.1) is 5.82 Å². The third-order valence-corrected chi connectivity index (χ3v) is 5.21. The van der Waals surface area contributed by atoms with E-state index in [1.54, 1.807) is 30.7 Å². The predicted octanol–water partition coefficient (Wildman–Crippen LogP) is 3.51. The minimum absolute atomic E-state index is 0.0542. The third-order valence-electron chi connectivity index (χ3n) is 4.30. The number of carbonyl (C=O) groups is 2. The Hall–Kier alpha value is -3.00. The SMILES string of the molecule is CC1(c2ccc(F)cc2)NC(=O)N(Cc2csc(-c3ccco3)n2)C1=O. The number of imide groups is 1. The van der Waals surface area contributed by atoms with Crippen molar-refractivity contribution < 1.29 is 18.4 Å². The maximum atomic E-state index is 13.2. The Kier molecular flexibility index (Phi) is 3.84. The van der Waals surface area contributed by atoms with Crippen LogP contribution in [0.2, 0.25) is 0 Å². The summed E-state index contributed by atoms with van der Waals surface area (Å²) >= 11 is 1.37. The van der Waals surface area contributed by atoms with Gasteiger partial charge in [0.15, 0.2) is 10.8 Å². The van der Waals surface area contributed by atoms with Crippen LogP contribution in [0.1, 0.15) is 18.2 Å². The van der Waals surface area contributed by atoms with Gasteiger partial charge in [-0.05, 0) is 36.8 Å². The number of amides is 3. The molecule has 1 fully saturated rings. The van der Waals surface area contributed by atoms with Crippen LogP contribution in [0.5, 0.6) is 0 Å². The van der Waals surface area contributed by atoms with Crippen molar-refractivity contribution in [1.82, 2.24) is 15.2 Å². The Bertz CT molecular complexity index is 968. The molecule has 0 bridgehead atoms. The van der Waals surface area contributed by atoms with Crippen LogP contribution in [0.4, 0.5) is 9.18 Å². The van der Waals surface area contributed by atoms with Gasteiger partial charge in [-0.15, -0.1) is 11.3 Å². The summed E-state index contributed by atoms with van der Waals surface area (Å²) in [7, 11) is 0. The first kappa shape index (κ1) is 16.5. The number of rotatable bonds is 4. The van der Waals surface area contributed by atoms with Crippen LogP contribution in [-0.2, 0) is 16.9 Å². The zero-order valence-corrected chi connectivity index (χ0v) is 14.5. The second kappa shape index (κ2) is 6.06. The molecule has 0 saturated carbocycles. The summed E-state index contributed by atoms with van der Waals surface area (Å²) in [5.41, 5.74) is -0.118. The second-order valence-electron chi connectivity index (χ2n) is 6.07. The van der Waals surface area contributed by atoms with Gasteiger partial charge in [0.1, 0.15) is 11.4 Å². The summed E-state index contributed by atoms with van der Waals surface area (Å²) in [6.45, 7) is 1.66. The number of urea groups is 1. The highest BCUT2D eigenvalue weighted by Gasteiger charge is 2.49. The minimum Gasteiger partial charge on any atom is -0.462 e. The Balaban J connectivity index is 1.57. The molecular formula is C18H14FN3O3S. The summed E-state index contributed by atoms with van der Waals surface area (Å²) in [5.74, 6) is -0.171. The lowest BCUT2D eigenvalue weighted by Gasteiger charge is -2.22. The van der Waals surface area contributed by atoms with Crippen molar-refractivity contribution in [3.8, 4) is 10.8 Å². The molecule has 1 aliphatic heterocycles. The van der Waals surface area contributed by atoms with Crippen molar-refractivity contribution in [2.75, 3.05) is 0 Å². The molecule has 8 heteroatoms. The van der Waals surface area contributed by atoms with E-state index in [-0.39, 0.29) is 6.54 Å². The molecule has 3 amide bonds. The molecule has 4 rings (SSSR count). The summed E-state index contributed by atoms with van der Waals surface area (Å²) in [4.78, 5) is 30.8. The normalized spacial score (nSPS) is 19.8. The van der Waals surface area contributed by atoms with Gasteiger partial charge in [-0.3, -0.25) is 9.69 Å². The average Bonchev–Trinajstić information content (AvgIpc) is 3.34. The number of hydrogen-bond donors (Lipinski definition) is 1. The lowest BCUT2D eigenvalue weighted by atomic mass is 9.92. The first-order valence-corrected chi connectivity index (χ1v) is 8.74. The van der Waals surface area contributed by atoms with E-state index in [4.69, 9.17) is 4.42 Å². The van der Waals surface area contributed by atoms with E-state index in [0.29, 0.717) is 22.0 Å². The van der Waals surface area contributed by atoms with E-state index in [2.05, 4.69) is 10.3 Å². The number of thiazole rings is 1. The summed E-state index contributed by atoms with van der Waals surface area (Å²) in [5, 5.41) is 5.16. The van der Waals surface area contributed by atoms with Gasteiger partial charge >= 0.3 is 6.03 Å². The molecule has 1 N–H and O–H groups in total. The molecule has 3 aromatic rings. The standard InChI is InChI=1S/C18H14FN3O3S/c1-18(11-4-6-12(19)7-5-11)16(23)22(17(24)21-18)9-13-10-26-15(20-13)14-3-2-8-25-14/h2-8,10H,9H2,1H3,(H,21,24). The maximum Gasteiger partial charge on any atom is 0.325 e. The minimum atomic E-state index is -1.23. The fourth-order valence-electron chi connectivity index (χ4n) is 2.87. The van der Waals surface area contributed by atoms with Gasteiger partial charge in [-0.25, -0.2) is 14.2 Å². The van der Waals surface area contributed by atoms with Gasteiger partial charge in [-0.2, -0.15) is 0 Å². The zero-order valence-electron chi connectivity index (χ0n) is 13.7. The van der Waals surface area contributed by atoms with Gasteiger partial charge < -0.3 is 9.73 Å². The highest BCUT2D eigenvalue weighted by molar-refractivity contribution is 7.13. The van der Waals surface area contributed by atoms with E-state index >= 15 is 0 Å². The topological polar surface area (TPSA) is 75.4 Å². The molecule has 6 nitrogen and oxygen atoms in total. The number of furan rings is 1. The van der Waals surface area contributed by atoms with Crippen LogP contribution < -0.4 is 5.32 Å². The van der Waals surface area contributed by atoms with Gasteiger partial charge in [-0.1, -0.05) is 12.1 Å². The number of halogens is 1. The molecule has 0 aliphatic carbocycles. The average molecular weight is 371 g/mol. The van der Waals surface area contributed by atoms with Crippen molar-refractivity contribution in [2.24, 2.45) is 0 Å². The van der Waals surface area contributed by atoms with E-state index < -0.39 is 23.3 Å². The Morgan fingerprint density at radius 2 is 2.04 bits per heavy atom. The maximum absolute atomic E-state index is 13.2. The van der Waals surface area contributed by atoms with Crippen LogP contribution in [-0.4, -0.2) is 21.8 Å². The third kappa shape index (κ3) is 2.68. The molecular weight excluding hydrogens is 357 g/mol. The van der Waals surface area contributed by atoms with Gasteiger partial charge in [0, 0.05) is 5.38 Å². The molecule has 132 valence electrons. The highest BCUT2D eigenvalue weighted by Crippen LogP contribution is 2.31. The molecule has 1 aliphatic rings. The Labute approximate surface area is 152 Å². The number of hydrogen-bond acceptors (Lipinski definition) is 5. The van der Waals surface area contributed by atoms with Crippen molar-refractivity contribution in [1.29, 1.82) is 0 Å². The molecule has 26 heavy (non-hydrogen) atoms. The fourth-order valence-corrected chi connectivity index (χ4v) is 3.65. The molecule has 1 saturated heterocycles. The summed E-state index contributed by atoms with van der Waals surface area (Å²) < 4.78 is 18.5. The number of nitrogens with one attached hydrogen (secondary N) is 1. The lowest BCUT2D eigenvalue weighted by molar-refractivity contribution is -0.131. The molecule has 0 spiro atoms. The number of benzene rings is 1. The van der Waals surface area contributed by atoms with E-state index in [1.165, 1.54) is 35.6 Å². The lowest BCUT2D eigenvalue weighted by Crippen LogP contribution is -2.40. The van der Waals surface area contributed by atoms with Crippen LogP contribution in [0.15, 0.2) is 52.5 Å². The van der Waals surface area contributed by atoms with E-state index in [1.807, 2.05) is 0 Å². The van der Waals surface area contributed by atoms with Crippen LogP contribution in [0.25, 0.3) is 10.8 Å². The molecule has 3 heterocycles. The fraction of sp³-hybridized carbons (Fsp3) is 0.167. The van der Waals surface area contributed by atoms with Crippen LogP contribution in [0.3, 0.4) is 0 Å². The predicted molar refractivity (Wildman–Crippen MR) is 92.6 cm³/mol. The number of carbonyl (C=O) groups excluding carboxylic acids is 2. The highest BCUT2D eigenvalue weighted by atomic mass is 32.1. The van der Waals surface area contributed by atoms with E-state index in [9.17, 15) is 14.0 Å². The van der Waals surface area contributed by atoms with Crippen molar-refractivity contribution >= 4 is 23.3 Å². The molecule has 1 atom stereocenters. The van der Waals surface area contributed by atoms with Crippen LogP contribution >= 0.6 is 11.3 Å².